The number of hydrogen-bond acceptors (Lipinski definition) is 3. The third-order valence-electron chi connectivity index (χ3n) is 3.69. The zero-order chi connectivity index (χ0) is 14.9. The number of fused-ring (bicyclic) bond motifs is 1. The quantitative estimate of drug-likeness (QED) is 0.906. The SMILES string of the molecule is CC(C)(C)Nc1cccc(N2CCc3ccccc3C2)n1. The van der Waals surface area contributed by atoms with Crippen LogP contribution in [0.1, 0.15) is 31.9 Å². The van der Waals surface area contributed by atoms with E-state index in [4.69, 9.17) is 4.98 Å². The van der Waals surface area contributed by atoms with Crippen molar-refractivity contribution < 1.29 is 0 Å². The van der Waals surface area contributed by atoms with E-state index in [1.165, 1.54) is 11.1 Å². The molecule has 0 saturated heterocycles. The Morgan fingerprint density at radius 2 is 1.76 bits per heavy atom. The zero-order valence-corrected chi connectivity index (χ0v) is 13.1. The molecular weight excluding hydrogens is 258 g/mol. The van der Waals surface area contributed by atoms with E-state index in [1.54, 1.807) is 0 Å². The van der Waals surface area contributed by atoms with Crippen LogP contribution >= 0.6 is 0 Å². The molecule has 0 radical (unpaired) electrons. The fourth-order valence-electron chi connectivity index (χ4n) is 2.74. The molecule has 2 heterocycles. The van der Waals surface area contributed by atoms with Gasteiger partial charge in [-0.15, -0.1) is 0 Å². The van der Waals surface area contributed by atoms with Gasteiger partial charge in [0.2, 0.25) is 0 Å². The van der Waals surface area contributed by atoms with Gasteiger partial charge in [-0.05, 0) is 50.5 Å². The van der Waals surface area contributed by atoms with Crippen LogP contribution in [0.25, 0.3) is 0 Å². The van der Waals surface area contributed by atoms with Crippen LogP contribution in [-0.2, 0) is 13.0 Å². The molecule has 3 rings (SSSR count). The van der Waals surface area contributed by atoms with Crippen LogP contribution in [0.4, 0.5) is 11.6 Å². The van der Waals surface area contributed by atoms with Crippen LogP contribution < -0.4 is 10.2 Å². The first-order chi connectivity index (χ1) is 10.0. The van der Waals surface area contributed by atoms with Crippen LogP contribution in [0.5, 0.6) is 0 Å². The molecular formula is C18H23N3. The van der Waals surface area contributed by atoms with Gasteiger partial charge in [-0.2, -0.15) is 0 Å². The molecule has 1 aromatic carbocycles. The molecule has 21 heavy (non-hydrogen) atoms. The molecule has 0 aliphatic carbocycles. The number of aromatic nitrogens is 1. The van der Waals surface area contributed by atoms with E-state index in [2.05, 4.69) is 67.4 Å². The Balaban J connectivity index is 1.81. The molecule has 110 valence electrons. The number of nitrogens with zero attached hydrogens (tertiary/aromatic N) is 2. The van der Waals surface area contributed by atoms with Crippen molar-refractivity contribution in [2.45, 2.75) is 39.3 Å². The van der Waals surface area contributed by atoms with Gasteiger partial charge in [0.05, 0.1) is 0 Å². The zero-order valence-electron chi connectivity index (χ0n) is 13.1. The van der Waals surface area contributed by atoms with Crippen LogP contribution in [-0.4, -0.2) is 17.1 Å². The summed E-state index contributed by atoms with van der Waals surface area (Å²) in [6.45, 7) is 8.43. The number of nitrogens with one attached hydrogen (secondary N) is 1. The summed E-state index contributed by atoms with van der Waals surface area (Å²) in [5.74, 6) is 2.00. The van der Waals surface area contributed by atoms with Gasteiger partial charge < -0.3 is 10.2 Å². The minimum Gasteiger partial charge on any atom is -0.365 e. The standard InChI is InChI=1S/C18H23N3/c1-18(2,3)20-16-9-6-10-17(19-16)21-12-11-14-7-4-5-8-15(14)13-21/h4-10H,11-13H2,1-3H3,(H,19,20). The minimum atomic E-state index is 0.0279. The fourth-order valence-corrected chi connectivity index (χ4v) is 2.74. The van der Waals surface area contributed by atoms with Crippen molar-refractivity contribution >= 4 is 11.6 Å². The highest BCUT2D eigenvalue weighted by atomic mass is 15.2. The molecule has 0 bridgehead atoms. The highest BCUT2D eigenvalue weighted by Crippen LogP contribution is 2.24. The van der Waals surface area contributed by atoms with Gasteiger partial charge in [-0.3, -0.25) is 0 Å². The average molecular weight is 281 g/mol. The van der Waals surface area contributed by atoms with Crippen LogP contribution in [0, 0.1) is 0 Å². The summed E-state index contributed by atoms with van der Waals surface area (Å²) >= 11 is 0. The highest BCUT2D eigenvalue weighted by Gasteiger charge is 2.18. The molecule has 0 atom stereocenters. The molecule has 3 nitrogen and oxygen atoms in total. The Kier molecular flexibility index (Phi) is 3.58. The van der Waals surface area contributed by atoms with Crippen molar-refractivity contribution in [1.82, 2.24) is 4.98 Å². The number of hydrogen-bond donors (Lipinski definition) is 1. The Hall–Kier alpha value is -2.03. The molecule has 3 heteroatoms. The van der Waals surface area contributed by atoms with Crippen molar-refractivity contribution in [3.05, 3.63) is 53.6 Å². The summed E-state index contributed by atoms with van der Waals surface area (Å²) < 4.78 is 0. The first-order valence-corrected chi connectivity index (χ1v) is 7.58. The maximum Gasteiger partial charge on any atom is 0.131 e. The Labute approximate surface area is 127 Å². The second kappa shape index (κ2) is 5.40. The number of anilines is 2. The summed E-state index contributed by atoms with van der Waals surface area (Å²) in [6, 6.07) is 14.9. The van der Waals surface area contributed by atoms with E-state index >= 15 is 0 Å². The van der Waals surface area contributed by atoms with Crippen LogP contribution in [0.15, 0.2) is 42.5 Å². The third kappa shape index (κ3) is 3.35. The van der Waals surface area contributed by atoms with E-state index in [-0.39, 0.29) is 5.54 Å². The third-order valence-corrected chi connectivity index (χ3v) is 3.69. The highest BCUT2D eigenvalue weighted by molar-refractivity contribution is 5.50. The van der Waals surface area contributed by atoms with E-state index < -0.39 is 0 Å². The molecule has 0 amide bonds. The van der Waals surface area contributed by atoms with Gasteiger partial charge in [0.15, 0.2) is 0 Å². The summed E-state index contributed by atoms with van der Waals surface area (Å²) in [5, 5.41) is 3.44. The molecule has 0 unspecified atom stereocenters. The first kappa shape index (κ1) is 13.9. The van der Waals surface area contributed by atoms with Gasteiger partial charge >= 0.3 is 0 Å². The van der Waals surface area contributed by atoms with Crippen molar-refractivity contribution in [2.75, 3.05) is 16.8 Å². The Morgan fingerprint density at radius 1 is 1.00 bits per heavy atom. The molecule has 1 aliphatic heterocycles. The minimum absolute atomic E-state index is 0.0279. The lowest BCUT2D eigenvalue weighted by atomic mass is 10.00. The van der Waals surface area contributed by atoms with Crippen molar-refractivity contribution in [3.8, 4) is 0 Å². The van der Waals surface area contributed by atoms with Crippen molar-refractivity contribution in [1.29, 1.82) is 0 Å². The molecule has 0 saturated carbocycles. The van der Waals surface area contributed by atoms with Gasteiger partial charge in [0, 0.05) is 18.6 Å². The maximum atomic E-state index is 4.77. The maximum absolute atomic E-state index is 4.77. The Morgan fingerprint density at radius 3 is 2.52 bits per heavy atom. The van der Waals surface area contributed by atoms with Gasteiger partial charge in [0.1, 0.15) is 11.6 Å². The summed E-state index contributed by atoms with van der Waals surface area (Å²) in [5.41, 5.74) is 2.91. The van der Waals surface area contributed by atoms with Gasteiger partial charge in [0.25, 0.3) is 0 Å². The fraction of sp³-hybridized carbons (Fsp3) is 0.389. The van der Waals surface area contributed by atoms with Gasteiger partial charge in [-0.25, -0.2) is 4.98 Å². The molecule has 1 aromatic heterocycles. The number of pyridine rings is 1. The predicted molar refractivity (Wildman–Crippen MR) is 88.8 cm³/mol. The van der Waals surface area contributed by atoms with Crippen LogP contribution in [0.3, 0.4) is 0 Å². The normalized spacial score (nSPS) is 14.7. The molecule has 1 aliphatic rings. The monoisotopic (exact) mass is 281 g/mol. The smallest absolute Gasteiger partial charge is 0.131 e. The lowest BCUT2D eigenvalue weighted by Gasteiger charge is -2.30. The molecule has 0 fully saturated rings. The number of rotatable bonds is 2. The first-order valence-electron chi connectivity index (χ1n) is 7.58. The Bertz CT molecular complexity index is 628. The topological polar surface area (TPSA) is 28.2 Å². The van der Waals surface area contributed by atoms with E-state index in [9.17, 15) is 0 Å². The van der Waals surface area contributed by atoms with E-state index in [0.717, 1.165) is 31.1 Å². The molecule has 0 spiro atoms. The average Bonchev–Trinajstić information content (AvgIpc) is 2.45. The van der Waals surface area contributed by atoms with Crippen molar-refractivity contribution in [3.63, 3.8) is 0 Å². The molecule has 2 aromatic rings. The van der Waals surface area contributed by atoms with E-state index in [0.29, 0.717) is 0 Å². The second-order valence-electron chi connectivity index (χ2n) is 6.70. The lowest BCUT2D eigenvalue weighted by Crippen LogP contribution is -2.31. The largest absolute Gasteiger partial charge is 0.365 e. The summed E-state index contributed by atoms with van der Waals surface area (Å²) in [6.07, 6.45) is 1.09. The number of benzene rings is 1. The van der Waals surface area contributed by atoms with Crippen LogP contribution in [0.2, 0.25) is 0 Å². The van der Waals surface area contributed by atoms with E-state index in [1.807, 2.05) is 6.07 Å². The summed E-state index contributed by atoms with van der Waals surface area (Å²) in [4.78, 5) is 7.13. The van der Waals surface area contributed by atoms with Crippen molar-refractivity contribution in [2.24, 2.45) is 0 Å². The lowest BCUT2D eigenvalue weighted by molar-refractivity contribution is 0.629. The van der Waals surface area contributed by atoms with Gasteiger partial charge in [-0.1, -0.05) is 30.3 Å². The molecule has 1 N–H and O–H groups in total. The second-order valence-corrected chi connectivity index (χ2v) is 6.70. The summed E-state index contributed by atoms with van der Waals surface area (Å²) in [7, 11) is 0. The predicted octanol–water partition coefficient (Wildman–Crippen LogP) is 3.85.